The van der Waals surface area contributed by atoms with E-state index in [2.05, 4.69) is 16.4 Å². The van der Waals surface area contributed by atoms with Gasteiger partial charge in [0.2, 0.25) is 5.91 Å². The lowest BCUT2D eigenvalue weighted by Crippen LogP contribution is -2.23. The number of aromatic nitrogens is 1. The molecule has 132 valence electrons. The van der Waals surface area contributed by atoms with Crippen molar-refractivity contribution in [1.82, 2.24) is 10.3 Å². The highest BCUT2D eigenvalue weighted by Crippen LogP contribution is 2.19. The number of benzene rings is 2. The number of amides is 1. The topological polar surface area (TPSA) is 51.2 Å². The second kappa shape index (κ2) is 8.81. The Labute approximate surface area is 153 Å². The standard InChI is InChI=1S/C22H22N2O2/c1-2-26-20-11-4-3-7-17(20)12-13-21(25)23-16-14-19-9-5-8-18-10-6-15-24-22(18)19/h3-13,15H,2,14,16H2,1H3,(H,23,25)/b13-12+. The van der Waals surface area contributed by atoms with Crippen molar-refractivity contribution in [2.45, 2.75) is 13.3 Å². The first-order valence-electron chi connectivity index (χ1n) is 8.78. The summed E-state index contributed by atoms with van der Waals surface area (Å²) in [5, 5.41) is 4.04. The third-order valence-electron chi connectivity index (χ3n) is 4.04. The monoisotopic (exact) mass is 346 g/mol. The number of rotatable bonds is 7. The van der Waals surface area contributed by atoms with E-state index in [1.165, 1.54) is 0 Å². The van der Waals surface area contributed by atoms with Gasteiger partial charge in [0, 0.05) is 29.8 Å². The van der Waals surface area contributed by atoms with Crippen LogP contribution in [0.15, 0.2) is 66.9 Å². The van der Waals surface area contributed by atoms with Gasteiger partial charge in [-0.3, -0.25) is 9.78 Å². The van der Waals surface area contributed by atoms with Crippen LogP contribution in [0.2, 0.25) is 0 Å². The average Bonchev–Trinajstić information content (AvgIpc) is 2.68. The molecule has 0 aliphatic carbocycles. The normalized spacial score (nSPS) is 11.0. The fraction of sp³-hybridized carbons (Fsp3) is 0.182. The minimum atomic E-state index is -0.121. The molecular weight excluding hydrogens is 324 g/mol. The summed E-state index contributed by atoms with van der Waals surface area (Å²) in [6.07, 6.45) is 5.85. The van der Waals surface area contributed by atoms with Crippen LogP contribution < -0.4 is 10.1 Å². The van der Waals surface area contributed by atoms with Gasteiger partial charge in [0.25, 0.3) is 0 Å². The van der Waals surface area contributed by atoms with E-state index < -0.39 is 0 Å². The Kier molecular flexibility index (Phi) is 5.99. The van der Waals surface area contributed by atoms with Crippen LogP contribution >= 0.6 is 0 Å². The molecule has 0 unspecified atom stereocenters. The first-order chi connectivity index (χ1) is 12.8. The van der Waals surface area contributed by atoms with Crippen LogP contribution in [-0.2, 0) is 11.2 Å². The van der Waals surface area contributed by atoms with E-state index in [4.69, 9.17) is 4.74 Å². The Balaban J connectivity index is 1.58. The lowest BCUT2D eigenvalue weighted by molar-refractivity contribution is -0.116. The van der Waals surface area contributed by atoms with Gasteiger partial charge in [0.1, 0.15) is 5.75 Å². The van der Waals surface area contributed by atoms with E-state index in [-0.39, 0.29) is 5.91 Å². The molecule has 0 saturated carbocycles. The van der Waals surface area contributed by atoms with Crippen LogP contribution in [-0.4, -0.2) is 24.0 Å². The van der Waals surface area contributed by atoms with Crippen molar-refractivity contribution in [3.05, 3.63) is 78.0 Å². The fourth-order valence-corrected chi connectivity index (χ4v) is 2.82. The quantitative estimate of drug-likeness (QED) is 0.658. The van der Waals surface area contributed by atoms with Gasteiger partial charge in [-0.05, 0) is 37.1 Å². The van der Waals surface area contributed by atoms with Crippen molar-refractivity contribution >= 4 is 22.9 Å². The fourth-order valence-electron chi connectivity index (χ4n) is 2.82. The second-order valence-corrected chi connectivity index (χ2v) is 5.84. The molecule has 3 aromatic rings. The zero-order valence-electron chi connectivity index (χ0n) is 14.8. The molecule has 1 heterocycles. The van der Waals surface area contributed by atoms with E-state index >= 15 is 0 Å². The van der Waals surface area contributed by atoms with E-state index in [1.807, 2.05) is 55.5 Å². The Morgan fingerprint density at radius 3 is 2.85 bits per heavy atom. The number of nitrogens with zero attached hydrogens (tertiary/aromatic N) is 1. The maximum Gasteiger partial charge on any atom is 0.244 e. The predicted molar refractivity (Wildman–Crippen MR) is 105 cm³/mol. The summed E-state index contributed by atoms with van der Waals surface area (Å²) in [5.41, 5.74) is 3.02. The first kappa shape index (κ1) is 17.7. The number of hydrogen-bond donors (Lipinski definition) is 1. The minimum Gasteiger partial charge on any atom is -0.493 e. The van der Waals surface area contributed by atoms with Crippen LogP contribution in [0, 0.1) is 0 Å². The second-order valence-electron chi connectivity index (χ2n) is 5.84. The summed E-state index contributed by atoms with van der Waals surface area (Å²) < 4.78 is 5.56. The van der Waals surface area contributed by atoms with Crippen LogP contribution in [0.4, 0.5) is 0 Å². The summed E-state index contributed by atoms with van der Waals surface area (Å²) in [6, 6.07) is 17.8. The number of para-hydroxylation sites is 2. The number of nitrogens with one attached hydrogen (secondary N) is 1. The summed E-state index contributed by atoms with van der Waals surface area (Å²) in [6.45, 7) is 3.09. The number of hydrogen-bond acceptors (Lipinski definition) is 3. The molecule has 0 aliphatic rings. The Hall–Kier alpha value is -3.14. The molecule has 1 aromatic heterocycles. The van der Waals surface area contributed by atoms with E-state index in [1.54, 1.807) is 18.3 Å². The molecule has 4 nitrogen and oxygen atoms in total. The van der Waals surface area contributed by atoms with Gasteiger partial charge >= 0.3 is 0 Å². The highest BCUT2D eigenvalue weighted by atomic mass is 16.5. The van der Waals surface area contributed by atoms with Crippen LogP contribution in [0.25, 0.3) is 17.0 Å². The van der Waals surface area contributed by atoms with Crippen molar-refractivity contribution in [1.29, 1.82) is 0 Å². The van der Waals surface area contributed by atoms with Crippen molar-refractivity contribution in [3.63, 3.8) is 0 Å². The smallest absolute Gasteiger partial charge is 0.244 e. The van der Waals surface area contributed by atoms with Crippen LogP contribution in [0.3, 0.4) is 0 Å². The van der Waals surface area contributed by atoms with Crippen molar-refractivity contribution in [2.75, 3.05) is 13.2 Å². The Morgan fingerprint density at radius 2 is 1.96 bits per heavy atom. The molecule has 1 amide bonds. The largest absolute Gasteiger partial charge is 0.493 e. The molecule has 26 heavy (non-hydrogen) atoms. The maximum absolute atomic E-state index is 12.1. The lowest BCUT2D eigenvalue weighted by atomic mass is 10.1. The van der Waals surface area contributed by atoms with Gasteiger partial charge in [0.15, 0.2) is 0 Å². The van der Waals surface area contributed by atoms with Crippen molar-refractivity contribution in [2.24, 2.45) is 0 Å². The highest BCUT2D eigenvalue weighted by molar-refractivity contribution is 5.92. The van der Waals surface area contributed by atoms with Gasteiger partial charge in [-0.25, -0.2) is 0 Å². The van der Waals surface area contributed by atoms with Gasteiger partial charge in [-0.2, -0.15) is 0 Å². The minimum absolute atomic E-state index is 0.121. The van der Waals surface area contributed by atoms with Crippen LogP contribution in [0.1, 0.15) is 18.1 Å². The third kappa shape index (κ3) is 4.48. The average molecular weight is 346 g/mol. The predicted octanol–water partition coefficient (Wildman–Crippen LogP) is 4.01. The molecule has 0 fully saturated rings. The van der Waals surface area contributed by atoms with Crippen LogP contribution in [0.5, 0.6) is 5.75 Å². The number of carbonyl (C=O) groups excluding carboxylic acids is 1. The summed E-state index contributed by atoms with van der Waals surface area (Å²) >= 11 is 0. The molecule has 0 saturated heterocycles. The highest BCUT2D eigenvalue weighted by Gasteiger charge is 2.03. The molecule has 0 aliphatic heterocycles. The molecule has 0 bridgehead atoms. The molecule has 0 radical (unpaired) electrons. The van der Waals surface area contributed by atoms with Gasteiger partial charge in [-0.15, -0.1) is 0 Å². The first-order valence-corrected chi connectivity index (χ1v) is 8.78. The zero-order chi connectivity index (χ0) is 18.2. The molecule has 0 atom stereocenters. The van der Waals surface area contributed by atoms with Gasteiger partial charge in [0.05, 0.1) is 12.1 Å². The van der Waals surface area contributed by atoms with E-state index in [0.29, 0.717) is 13.2 Å². The Morgan fingerprint density at radius 1 is 1.12 bits per heavy atom. The van der Waals surface area contributed by atoms with Gasteiger partial charge in [-0.1, -0.05) is 42.5 Å². The SMILES string of the molecule is CCOc1ccccc1/C=C/C(=O)NCCc1cccc2cccnc12. The van der Waals surface area contributed by atoms with Gasteiger partial charge < -0.3 is 10.1 Å². The van der Waals surface area contributed by atoms with E-state index in [0.717, 1.165) is 34.2 Å². The molecule has 0 spiro atoms. The lowest BCUT2D eigenvalue weighted by Gasteiger charge is -2.07. The molecule has 1 N–H and O–H groups in total. The Bertz CT molecular complexity index is 913. The van der Waals surface area contributed by atoms with Crippen molar-refractivity contribution in [3.8, 4) is 5.75 Å². The zero-order valence-corrected chi connectivity index (χ0v) is 14.8. The summed E-state index contributed by atoms with van der Waals surface area (Å²) in [4.78, 5) is 16.5. The maximum atomic E-state index is 12.1. The number of ether oxygens (including phenoxy) is 1. The summed E-state index contributed by atoms with van der Waals surface area (Å²) in [7, 11) is 0. The number of pyridine rings is 1. The van der Waals surface area contributed by atoms with Crippen molar-refractivity contribution < 1.29 is 9.53 Å². The molecule has 4 heteroatoms. The summed E-state index contributed by atoms with van der Waals surface area (Å²) in [5.74, 6) is 0.658. The molecule has 2 aromatic carbocycles. The van der Waals surface area contributed by atoms with E-state index in [9.17, 15) is 4.79 Å². The number of fused-ring (bicyclic) bond motifs is 1. The number of carbonyl (C=O) groups is 1. The third-order valence-corrected chi connectivity index (χ3v) is 4.04. The molecule has 3 rings (SSSR count). The molecular formula is C22H22N2O2.